The van der Waals surface area contributed by atoms with Crippen LogP contribution in [0.1, 0.15) is 11.4 Å². The summed E-state index contributed by atoms with van der Waals surface area (Å²) in [5.41, 5.74) is 5.47. The smallest absolute Gasteiger partial charge is 0.352 e. The lowest BCUT2D eigenvalue weighted by atomic mass is 10.0. The Labute approximate surface area is 252 Å². The van der Waals surface area contributed by atoms with Gasteiger partial charge in [0.25, 0.3) is 11.8 Å². The topological polar surface area (TPSA) is 224 Å². The molecule has 3 aromatic rings. The van der Waals surface area contributed by atoms with Crippen LogP contribution < -0.4 is 21.3 Å². The third-order valence-corrected chi connectivity index (χ3v) is 9.82. The fourth-order valence-electron chi connectivity index (χ4n) is 3.97. The molecule has 0 unspecified atom stereocenters. The van der Waals surface area contributed by atoms with Gasteiger partial charge in [0.1, 0.15) is 39.8 Å². The number of aliphatic carboxylic acids is 1. The normalized spacial score (nSPS) is 18.4. The maximum absolute atomic E-state index is 13.3. The molecule has 3 aromatic heterocycles. The van der Waals surface area contributed by atoms with Crippen molar-refractivity contribution < 1.29 is 34.3 Å². The highest BCUT2D eigenvalue weighted by Crippen LogP contribution is 2.41. The number of nitrogens with zero attached hydrogens (tertiary/aromatic N) is 6. The van der Waals surface area contributed by atoms with Crippen LogP contribution in [0.5, 0.6) is 5.75 Å². The quantitative estimate of drug-likeness (QED) is 0.0923. The Morgan fingerprint density at radius 2 is 2.17 bits per heavy atom. The minimum Gasteiger partial charge on any atom is -0.503 e. The first-order valence-electron chi connectivity index (χ1n) is 11.7. The van der Waals surface area contributed by atoms with E-state index in [4.69, 9.17) is 15.4 Å². The number of thioether (sulfide) groups is 2. The Bertz CT molecular complexity index is 1650. The number of rotatable bonds is 11. The molecular weight excluding hydrogens is 633 g/mol. The highest BCUT2D eigenvalue weighted by molar-refractivity contribution is 8.01. The Morgan fingerprint density at radius 1 is 1.36 bits per heavy atom. The second-order valence-corrected chi connectivity index (χ2v) is 12.5. The molecule has 0 radical (unpaired) electrons. The molecule has 2 atom stereocenters. The maximum atomic E-state index is 13.3. The van der Waals surface area contributed by atoms with E-state index in [0.29, 0.717) is 17.1 Å². The van der Waals surface area contributed by atoms with Gasteiger partial charge >= 0.3 is 5.97 Å². The molecule has 1 saturated heterocycles. The van der Waals surface area contributed by atoms with Crippen LogP contribution in [-0.2, 0) is 25.8 Å². The molecule has 1 fully saturated rings. The zero-order valence-corrected chi connectivity index (χ0v) is 24.6. The first kappa shape index (κ1) is 29.4. The predicted octanol–water partition coefficient (Wildman–Crippen LogP) is -0.0457. The fraction of sp³-hybridized carbons (Fsp3) is 0.273. The summed E-state index contributed by atoms with van der Waals surface area (Å²) in [7, 11) is 1.31. The molecule has 5 rings (SSSR count). The van der Waals surface area contributed by atoms with Gasteiger partial charge in [-0.05, 0) is 17.1 Å². The monoisotopic (exact) mass is 652 g/mol. The van der Waals surface area contributed by atoms with Crippen molar-refractivity contribution in [2.75, 3.05) is 24.3 Å². The number of amides is 2. The molecule has 5 heterocycles. The number of nitrogens with two attached hydrogens (primary N) is 1. The highest BCUT2D eigenvalue weighted by atomic mass is 32.2. The number of oxime groups is 1. The third kappa shape index (κ3) is 5.91. The van der Waals surface area contributed by atoms with Gasteiger partial charge in [0.05, 0.1) is 12.4 Å². The van der Waals surface area contributed by atoms with Crippen molar-refractivity contribution in [1.29, 1.82) is 0 Å². The number of nitrogen functional groups attached to an aromatic ring is 1. The maximum Gasteiger partial charge on any atom is 0.352 e. The largest absolute Gasteiger partial charge is 0.503 e. The van der Waals surface area contributed by atoms with Gasteiger partial charge in [-0.2, -0.15) is 4.73 Å². The molecule has 0 spiro atoms. The Hall–Kier alpha value is -4.14. The van der Waals surface area contributed by atoms with Crippen molar-refractivity contribution in [2.24, 2.45) is 5.16 Å². The van der Waals surface area contributed by atoms with E-state index in [9.17, 15) is 29.4 Å². The van der Waals surface area contributed by atoms with Crippen LogP contribution in [-0.4, -0.2) is 87.9 Å². The van der Waals surface area contributed by atoms with Crippen molar-refractivity contribution in [2.45, 2.75) is 22.2 Å². The number of aromatic hydroxyl groups is 1. The lowest BCUT2D eigenvalue weighted by Crippen LogP contribution is -2.71. The van der Waals surface area contributed by atoms with Crippen molar-refractivity contribution in [3.8, 4) is 5.75 Å². The van der Waals surface area contributed by atoms with Crippen molar-refractivity contribution >= 4 is 75.0 Å². The molecule has 0 aromatic carbocycles. The highest BCUT2D eigenvalue weighted by Gasteiger charge is 2.54. The van der Waals surface area contributed by atoms with E-state index in [1.807, 2.05) is 0 Å². The minimum absolute atomic E-state index is 0.0766. The Kier molecular flexibility index (Phi) is 8.66. The molecule has 2 aliphatic heterocycles. The van der Waals surface area contributed by atoms with Crippen LogP contribution in [0, 0.1) is 0 Å². The van der Waals surface area contributed by atoms with Gasteiger partial charge in [0.15, 0.2) is 23.2 Å². The Morgan fingerprint density at radius 3 is 2.83 bits per heavy atom. The molecule has 0 bridgehead atoms. The average molecular weight is 653 g/mol. The van der Waals surface area contributed by atoms with Gasteiger partial charge in [-0.25, -0.2) is 9.78 Å². The van der Waals surface area contributed by atoms with Gasteiger partial charge < -0.3 is 30.9 Å². The zero-order chi connectivity index (χ0) is 30.0. The summed E-state index contributed by atoms with van der Waals surface area (Å²) in [6.07, 6.45) is 2.63. The SMILES string of the molecule is COn1cc(O)c(=O)cc1CO/N=C(\C(=O)N[C@@H]1C(=O)N2C(C(=O)O)=C(CSc3cnns3)CS[C@H]12)c1csc(N)n1. The first-order valence-corrected chi connectivity index (χ1v) is 15.4. The number of hydrogen-bond acceptors (Lipinski definition) is 16. The number of carbonyl (C=O) groups excluding carboxylic acids is 2. The summed E-state index contributed by atoms with van der Waals surface area (Å²) in [5, 5.41) is 30.7. The van der Waals surface area contributed by atoms with Gasteiger partial charge in [-0.15, -0.1) is 40.0 Å². The number of thiazole rings is 1. The number of β-lactam (4-membered cyclic amide) rings is 1. The van der Waals surface area contributed by atoms with E-state index in [0.717, 1.165) is 32.5 Å². The van der Waals surface area contributed by atoms with Crippen LogP contribution in [0.25, 0.3) is 0 Å². The fourth-order valence-corrected chi connectivity index (χ4v) is 7.43. The molecule has 0 aliphatic carbocycles. The van der Waals surface area contributed by atoms with Crippen LogP contribution in [0.3, 0.4) is 0 Å². The van der Waals surface area contributed by atoms with Gasteiger partial charge in [0, 0.05) is 23.0 Å². The van der Waals surface area contributed by atoms with E-state index in [-0.39, 0.29) is 34.5 Å². The third-order valence-electron chi connectivity index (χ3n) is 5.88. The summed E-state index contributed by atoms with van der Waals surface area (Å²) in [4.78, 5) is 66.0. The minimum atomic E-state index is -1.24. The van der Waals surface area contributed by atoms with Gasteiger partial charge in [-0.1, -0.05) is 9.64 Å². The summed E-state index contributed by atoms with van der Waals surface area (Å²) in [6.45, 7) is -0.334. The summed E-state index contributed by atoms with van der Waals surface area (Å²) >= 11 is 4.93. The molecule has 5 N–H and O–H groups in total. The number of nitrogens with one attached hydrogen (secondary N) is 1. The first-order chi connectivity index (χ1) is 20.2. The molecular formula is C22H20N8O8S4. The van der Waals surface area contributed by atoms with Crippen LogP contribution >= 0.6 is 46.4 Å². The van der Waals surface area contributed by atoms with Crippen LogP contribution in [0.4, 0.5) is 5.13 Å². The average Bonchev–Trinajstić information content (AvgIpc) is 3.65. The van der Waals surface area contributed by atoms with E-state index in [1.54, 1.807) is 6.20 Å². The van der Waals surface area contributed by atoms with E-state index in [2.05, 4.69) is 25.0 Å². The summed E-state index contributed by atoms with van der Waals surface area (Å²) < 4.78 is 5.68. The van der Waals surface area contributed by atoms with Crippen LogP contribution in [0.2, 0.25) is 0 Å². The molecule has 0 saturated carbocycles. The van der Waals surface area contributed by atoms with E-state index in [1.165, 1.54) is 52.4 Å². The lowest BCUT2D eigenvalue weighted by Gasteiger charge is -2.49. The van der Waals surface area contributed by atoms with Crippen molar-refractivity contribution in [3.05, 3.63) is 56.7 Å². The number of pyridine rings is 1. The number of fused-ring (bicyclic) bond motifs is 1. The van der Waals surface area contributed by atoms with Gasteiger partial charge in [-0.3, -0.25) is 19.3 Å². The summed E-state index contributed by atoms with van der Waals surface area (Å²) in [6, 6.07) is 0.0412. The van der Waals surface area contributed by atoms with E-state index < -0.39 is 40.4 Å². The molecule has 2 aliphatic rings. The number of aromatic nitrogens is 4. The van der Waals surface area contributed by atoms with Crippen molar-refractivity contribution in [1.82, 2.24) is 29.5 Å². The van der Waals surface area contributed by atoms with Crippen molar-refractivity contribution in [3.63, 3.8) is 0 Å². The van der Waals surface area contributed by atoms with E-state index >= 15 is 0 Å². The second kappa shape index (κ2) is 12.4. The number of hydrogen-bond donors (Lipinski definition) is 4. The second-order valence-electron chi connectivity index (χ2n) is 8.45. The number of carboxylic acids is 1. The summed E-state index contributed by atoms with van der Waals surface area (Å²) in [5.74, 6) is -2.51. The zero-order valence-electron chi connectivity index (χ0n) is 21.3. The molecule has 20 heteroatoms. The number of carbonyl (C=O) groups is 3. The molecule has 2 amide bonds. The molecule has 220 valence electrons. The lowest BCUT2D eigenvalue weighted by molar-refractivity contribution is -0.150. The predicted molar refractivity (Wildman–Crippen MR) is 153 cm³/mol. The Balaban J connectivity index is 1.32. The number of anilines is 1. The number of carboxylic acid groups (broad SMARTS) is 1. The molecule has 16 nitrogen and oxygen atoms in total. The molecule has 42 heavy (non-hydrogen) atoms. The van der Waals surface area contributed by atoms with Gasteiger partial charge in [0.2, 0.25) is 5.43 Å². The standard InChI is InChI=1S/C22H20N8O8S4/c1-37-29-4-13(32)12(31)2-10(29)5-38-27-15(11-8-41-22(23)25-11)18(33)26-16-19(34)30-17(21(35)36)9(7-40-20(16)30)6-39-14-3-24-28-42-14/h2-4,8,16,20,32H,5-7H2,1H3,(H2,23,25)(H,26,33)(H,35,36)/b27-15-/t16-,20-/m1/s1. The van der Waals surface area contributed by atoms with Crippen LogP contribution in [0.15, 0.2) is 49.3 Å².